The second-order valence-electron chi connectivity index (χ2n) is 7.54. The predicted molar refractivity (Wildman–Crippen MR) is 78.1 cm³/mol. The van der Waals surface area contributed by atoms with Crippen LogP contribution in [0.5, 0.6) is 0 Å². The fourth-order valence-corrected chi connectivity index (χ4v) is 3.28. The van der Waals surface area contributed by atoms with Crippen molar-refractivity contribution in [2.45, 2.75) is 53.1 Å². The van der Waals surface area contributed by atoms with Crippen LogP contribution in [0.3, 0.4) is 0 Å². The number of carbonyl (C=O) groups excluding carboxylic acids is 2. The number of carbonyl (C=O) groups is 2. The molecule has 0 aromatic carbocycles. The fourth-order valence-electron chi connectivity index (χ4n) is 3.28. The molecule has 4 atom stereocenters. The van der Waals surface area contributed by atoms with Crippen LogP contribution in [-0.2, 0) is 19.2 Å². The lowest BCUT2D eigenvalue weighted by molar-refractivity contribution is -0.182. The first-order chi connectivity index (χ1) is 9.62. The number of rotatable bonds is 5. The van der Waals surface area contributed by atoms with Crippen molar-refractivity contribution in [2.24, 2.45) is 23.2 Å². The molecule has 120 valence electrons. The van der Waals surface area contributed by atoms with E-state index in [-0.39, 0.29) is 29.1 Å². The SMILES string of the molecule is CON(CC1CC1(OC(C)=O)C(C)(C)C)C(=O)C1C[C@H]1C. The summed E-state index contributed by atoms with van der Waals surface area (Å²) in [5.74, 6) is 0.483. The number of hydrogen-bond acceptors (Lipinski definition) is 4. The Morgan fingerprint density at radius 2 is 1.90 bits per heavy atom. The summed E-state index contributed by atoms with van der Waals surface area (Å²) in [6.07, 6.45) is 1.72. The zero-order valence-corrected chi connectivity index (χ0v) is 13.9. The normalized spacial score (nSPS) is 34.3. The highest BCUT2D eigenvalue weighted by atomic mass is 16.7. The number of ether oxygens (including phenoxy) is 1. The first-order valence-electron chi connectivity index (χ1n) is 7.67. The van der Waals surface area contributed by atoms with Crippen LogP contribution in [0.25, 0.3) is 0 Å². The summed E-state index contributed by atoms with van der Waals surface area (Å²) in [6, 6.07) is 0. The van der Waals surface area contributed by atoms with Crippen LogP contribution in [0.4, 0.5) is 0 Å². The van der Waals surface area contributed by atoms with Gasteiger partial charge in [0.15, 0.2) is 0 Å². The molecule has 2 aliphatic carbocycles. The van der Waals surface area contributed by atoms with Crippen molar-refractivity contribution in [3.63, 3.8) is 0 Å². The smallest absolute Gasteiger partial charge is 0.303 e. The molecule has 2 rings (SSSR count). The third-order valence-corrected chi connectivity index (χ3v) is 4.92. The molecule has 0 aromatic rings. The molecular formula is C16H27NO4. The maximum atomic E-state index is 12.3. The van der Waals surface area contributed by atoms with Crippen LogP contribution in [0.1, 0.15) is 47.5 Å². The molecule has 0 saturated heterocycles. The van der Waals surface area contributed by atoms with Crippen molar-refractivity contribution in [1.29, 1.82) is 0 Å². The van der Waals surface area contributed by atoms with Crippen molar-refractivity contribution >= 4 is 11.9 Å². The Morgan fingerprint density at radius 3 is 2.29 bits per heavy atom. The second kappa shape index (κ2) is 5.27. The molecule has 21 heavy (non-hydrogen) atoms. The van der Waals surface area contributed by atoms with Gasteiger partial charge in [-0.25, -0.2) is 5.06 Å². The van der Waals surface area contributed by atoms with Gasteiger partial charge in [0.1, 0.15) is 5.60 Å². The molecule has 0 aromatic heterocycles. The van der Waals surface area contributed by atoms with Gasteiger partial charge in [-0.1, -0.05) is 27.7 Å². The Bertz CT molecular complexity index is 442. The van der Waals surface area contributed by atoms with Crippen LogP contribution in [0.15, 0.2) is 0 Å². The van der Waals surface area contributed by atoms with E-state index in [2.05, 4.69) is 27.7 Å². The van der Waals surface area contributed by atoms with Gasteiger partial charge in [-0.2, -0.15) is 0 Å². The Kier molecular flexibility index (Phi) is 4.08. The van der Waals surface area contributed by atoms with Gasteiger partial charge in [-0.3, -0.25) is 14.4 Å². The first kappa shape index (κ1) is 16.3. The summed E-state index contributed by atoms with van der Waals surface area (Å²) in [5.41, 5.74) is -0.635. The molecule has 0 radical (unpaired) electrons. The van der Waals surface area contributed by atoms with Crippen LogP contribution >= 0.6 is 0 Å². The van der Waals surface area contributed by atoms with Crippen LogP contribution in [-0.4, -0.2) is 36.2 Å². The molecule has 0 bridgehead atoms. The van der Waals surface area contributed by atoms with E-state index in [0.717, 1.165) is 12.8 Å². The molecular weight excluding hydrogens is 270 g/mol. The van der Waals surface area contributed by atoms with E-state index in [1.807, 2.05) is 0 Å². The average molecular weight is 297 g/mol. The molecule has 1 amide bonds. The zero-order chi connectivity index (χ0) is 16.0. The maximum absolute atomic E-state index is 12.3. The standard InChI is InChI=1S/C16H27NO4/c1-10-7-13(10)14(19)17(20-6)9-12-8-16(12,15(3,4)5)21-11(2)18/h10,12-13H,7-9H2,1-6H3/t10-,12?,13?,16?/m1/s1. The van der Waals surface area contributed by atoms with Crippen LogP contribution < -0.4 is 0 Å². The second-order valence-corrected chi connectivity index (χ2v) is 7.54. The minimum atomic E-state index is -0.481. The predicted octanol–water partition coefficient (Wildman–Crippen LogP) is 2.40. The lowest BCUT2D eigenvalue weighted by Gasteiger charge is -2.32. The monoisotopic (exact) mass is 297 g/mol. The summed E-state index contributed by atoms with van der Waals surface area (Å²) < 4.78 is 5.62. The number of esters is 1. The zero-order valence-electron chi connectivity index (χ0n) is 13.9. The molecule has 3 unspecified atom stereocenters. The number of amides is 1. The van der Waals surface area contributed by atoms with Crippen molar-refractivity contribution < 1.29 is 19.2 Å². The number of nitrogens with zero attached hydrogens (tertiary/aromatic N) is 1. The fraction of sp³-hybridized carbons (Fsp3) is 0.875. The highest BCUT2D eigenvalue weighted by Crippen LogP contribution is 2.58. The van der Waals surface area contributed by atoms with E-state index in [1.54, 1.807) is 0 Å². The largest absolute Gasteiger partial charge is 0.458 e. The van der Waals surface area contributed by atoms with Crippen LogP contribution in [0, 0.1) is 23.2 Å². The quantitative estimate of drug-likeness (QED) is 0.577. The molecule has 0 N–H and O–H groups in total. The van der Waals surface area contributed by atoms with E-state index in [0.29, 0.717) is 12.5 Å². The van der Waals surface area contributed by atoms with Gasteiger partial charge in [0.05, 0.1) is 13.7 Å². The summed E-state index contributed by atoms with van der Waals surface area (Å²) in [5, 5.41) is 1.45. The van der Waals surface area contributed by atoms with Crippen molar-refractivity contribution in [1.82, 2.24) is 5.06 Å². The molecule has 0 aliphatic heterocycles. The average Bonchev–Trinajstić information content (AvgIpc) is 3.22. The summed E-state index contributed by atoms with van der Waals surface area (Å²) in [4.78, 5) is 29.0. The van der Waals surface area contributed by atoms with Gasteiger partial charge in [-0.15, -0.1) is 0 Å². The van der Waals surface area contributed by atoms with E-state index < -0.39 is 5.60 Å². The van der Waals surface area contributed by atoms with Crippen molar-refractivity contribution in [3.8, 4) is 0 Å². The minimum absolute atomic E-state index is 0.0579. The Labute approximate surface area is 126 Å². The third kappa shape index (κ3) is 3.07. The van der Waals surface area contributed by atoms with Crippen molar-refractivity contribution in [2.75, 3.05) is 13.7 Å². The molecule has 2 saturated carbocycles. The van der Waals surface area contributed by atoms with E-state index >= 15 is 0 Å². The highest BCUT2D eigenvalue weighted by molar-refractivity contribution is 5.80. The van der Waals surface area contributed by atoms with Gasteiger partial charge >= 0.3 is 5.97 Å². The van der Waals surface area contributed by atoms with E-state index in [1.165, 1.54) is 19.1 Å². The van der Waals surface area contributed by atoms with Crippen LogP contribution in [0.2, 0.25) is 0 Å². The maximum Gasteiger partial charge on any atom is 0.303 e. The topological polar surface area (TPSA) is 55.8 Å². The molecule has 2 fully saturated rings. The summed E-state index contributed by atoms with van der Waals surface area (Å²) in [7, 11) is 1.53. The van der Waals surface area contributed by atoms with Crippen molar-refractivity contribution in [3.05, 3.63) is 0 Å². The Morgan fingerprint density at radius 1 is 1.33 bits per heavy atom. The van der Waals surface area contributed by atoms with Gasteiger partial charge in [-0.05, 0) is 18.8 Å². The Hall–Kier alpha value is -1.10. The summed E-state index contributed by atoms with van der Waals surface area (Å²) in [6.45, 7) is 10.2. The molecule has 2 aliphatic rings. The van der Waals surface area contributed by atoms with Gasteiger partial charge in [0.2, 0.25) is 5.91 Å². The minimum Gasteiger partial charge on any atom is -0.458 e. The molecule has 0 spiro atoms. The molecule has 5 heteroatoms. The lowest BCUT2D eigenvalue weighted by atomic mass is 9.85. The summed E-state index contributed by atoms with van der Waals surface area (Å²) >= 11 is 0. The van der Waals surface area contributed by atoms with Gasteiger partial charge in [0.25, 0.3) is 0 Å². The van der Waals surface area contributed by atoms with E-state index in [9.17, 15) is 9.59 Å². The number of hydroxylamine groups is 2. The van der Waals surface area contributed by atoms with E-state index in [4.69, 9.17) is 9.57 Å². The third-order valence-electron chi connectivity index (χ3n) is 4.92. The highest BCUT2D eigenvalue weighted by Gasteiger charge is 2.65. The lowest BCUT2D eigenvalue weighted by Crippen LogP contribution is -2.40. The van der Waals surface area contributed by atoms with Gasteiger partial charge in [0, 0.05) is 24.2 Å². The molecule has 0 heterocycles. The Balaban J connectivity index is 2.02. The number of hydrogen-bond donors (Lipinski definition) is 0. The van der Waals surface area contributed by atoms with Gasteiger partial charge < -0.3 is 4.74 Å². The molecule has 5 nitrogen and oxygen atoms in total. The first-order valence-corrected chi connectivity index (χ1v) is 7.67.